The zero-order chi connectivity index (χ0) is 13.8. The lowest BCUT2D eigenvalue weighted by molar-refractivity contribution is -0.119. The number of ether oxygens (including phenoxy) is 1. The number of carbonyl (C=O) groups excluding carboxylic acids is 1. The summed E-state index contributed by atoms with van der Waals surface area (Å²) in [7, 11) is -0.775. The first-order valence-electron chi connectivity index (χ1n) is 5.23. The zero-order valence-corrected chi connectivity index (χ0v) is 11.3. The van der Waals surface area contributed by atoms with Crippen molar-refractivity contribution in [3.63, 3.8) is 0 Å². The van der Waals surface area contributed by atoms with Crippen molar-refractivity contribution in [3.8, 4) is 0 Å². The van der Waals surface area contributed by atoms with E-state index >= 15 is 0 Å². The van der Waals surface area contributed by atoms with E-state index in [0.717, 1.165) is 5.56 Å². The van der Waals surface area contributed by atoms with E-state index in [1.165, 1.54) is 26.3 Å². The quantitative estimate of drug-likeness (QED) is 0.817. The van der Waals surface area contributed by atoms with Gasteiger partial charge in [0, 0.05) is 12.8 Å². The predicted molar refractivity (Wildman–Crippen MR) is 67.9 cm³/mol. The van der Waals surface area contributed by atoms with Gasteiger partial charge in [-0.3, -0.25) is 4.79 Å². The molecule has 0 atom stereocenters. The van der Waals surface area contributed by atoms with Gasteiger partial charge < -0.3 is 10.1 Å². The molecule has 0 aliphatic heterocycles. The Morgan fingerprint density at radius 1 is 1.39 bits per heavy atom. The molecule has 0 radical (unpaired) electrons. The fraction of sp³-hybridized carbons (Fsp3) is 0.364. The first-order valence-corrected chi connectivity index (χ1v) is 6.72. The maximum absolute atomic E-state index is 11.6. The molecule has 0 aromatic heterocycles. The van der Waals surface area contributed by atoms with Crippen LogP contribution in [0.25, 0.3) is 0 Å². The molecule has 18 heavy (non-hydrogen) atoms. The lowest BCUT2D eigenvalue weighted by Crippen LogP contribution is -2.20. The highest BCUT2D eigenvalue weighted by Crippen LogP contribution is 2.19. The smallest absolute Gasteiger partial charge is 0.250 e. The van der Waals surface area contributed by atoms with E-state index in [1.807, 2.05) is 0 Å². The van der Waals surface area contributed by atoms with Crippen LogP contribution in [0, 0.1) is 6.92 Å². The van der Waals surface area contributed by atoms with Gasteiger partial charge in [0.1, 0.15) is 6.61 Å². The van der Waals surface area contributed by atoms with Gasteiger partial charge in [-0.2, -0.15) is 0 Å². The molecule has 0 saturated heterocycles. The number of nitrogens with one attached hydrogen (secondary N) is 2. The Morgan fingerprint density at radius 3 is 2.61 bits per heavy atom. The minimum absolute atomic E-state index is 0.0809. The van der Waals surface area contributed by atoms with Crippen molar-refractivity contribution in [3.05, 3.63) is 23.8 Å². The van der Waals surface area contributed by atoms with E-state index in [1.54, 1.807) is 13.0 Å². The molecule has 2 N–H and O–H groups in total. The number of amides is 1. The largest absolute Gasteiger partial charge is 0.375 e. The van der Waals surface area contributed by atoms with Gasteiger partial charge >= 0.3 is 0 Å². The average molecular weight is 272 g/mol. The summed E-state index contributed by atoms with van der Waals surface area (Å²) in [6, 6.07) is 4.52. The molecule has 6 nitrogen and oxygen atoms in total. The zero-order valence-electron chi connectivity index (χ0n) is 10.5. The van der Waals surface area contributed by atoms with Gasteiger partial charge in [-0.15, -0.1) is 0 Å². The molecule has 1 aromatic carbocycles. The van der Waals surface area contributed by atoms with Crippen LogP contribution in [0.5, 0.6) is 0 Å². The molecule has 0 unspecified atom stereocenters. The highest BCUT2D eigenvalue weighted by molar-refractivity contribution is 7.89. The Balaban J connectivity index is 3.06. The van der Waals surface area contributed by atoms with Crippen molar-refractivity contribution in [2.45, 2.75) is 11.8 Å². The Kier molecular flexibility index (Phi) is 4.83. The van der Waals surface area contributed by atoms with Gasteiger partial charge in [0.05, 0.1) is 4.90 Å². The number of carbonyl (C=O) groups is 1. The van der Waals surface area contributed by atoms with E-state index in [-0.39, 0.29) is 17.4 Å². The van der Waals surface area contributed by atoms with Crippen molar-refractivity contribution in [1.82, 2.24) is 4.72 Å². The number of hydrogen-bond acceptors (Lipinski definition) is 4. The molecule has 1 aromatic rings. The van der Waals surface area contributed by atoms with Crippen LogP contribution >= 0.6 is 0 Å². The average Bonchev–Trinajstić information content (AvgIpc) is 2.32. The number of methoxy groups -OCH3 is 1. The summed E-state index contributed by atoms with van der Waals surface area (Å²) < 4.78 is 30.2. The predicted octanol–water partition coefficient (Wildman–Crippen LogP) is 0.488. The van der Waals surface area contributed by atoms with Gasteiger partial charge in [0.25, 0.3) is 0 Å². The second-order valence-electron chi connectivity index (χ2n) is 3.67. The molecule has 0 saturated carbocycles. The normalized spacial score (nSPS) is 11.3. The molecule has 0 bridgehead atoms. The van der Waals surface area contributed by atoms with Crippen LogP contribution in [-0.2, 0) is 19.6 Å². The van der Waals surface area contributed by atoms with Crippen molar-refractivity contribution in [1.29, 1.82) is 0 Å². The third-order valence-corrected chi connectivity index (χ3v) is 3.75. The van der Waals surface area contributed by atoms with Crippen LogP contribution in [0.15, 0.2) is 23.1 Å². The van der Waals surface area contributed by atoms with Gasteiger partial charge in [0.15, 0.2) is 0 Å². The summed E-state index contributed by atoms with van der Waals surface area (Å²) in [5, 5.41) is 2.59. The lowest BCUT2D eigenvalue weighted by Gasteiger charge is -2.10. The summed E-state index contributed by atoms with van der Waals surface area (Å²) in [5.41, 5.74) is 1.22. The molecule has 0 aliphatic rings. The first-order chi connectivity index (χ1) is 8.40. The molecule has 0 heterocycles. The summed E-state index contributed by atoms with van der Waals surface area (Å²) in [6.45, 7) is 1.70. The molecular weight excluding hydrogens is 256 g/mol. The topological polar surface area (TPSA) is 84.5 Å². The number of rotatable bonds is 5. The Hall–Kier alpha value is -1.44. The monoisotopic (exact) mass is 272 g/mol. The maximum atomic E-state index is 11.6. The van der Waals surface area contributed by atoms with E-state index in [9.17, 15) is 13.2 Å². The molecule has 100 valence electrons. The van der Waals surface area contributed by atoms with Crippen LogP contribution in [0.4, 0.5) is 5.69 Å². The molecule has 0 spiro atoms. The van der Waals surface area contributed by atoms with Crippen LogP contribution in [0.1, 0.15) is 5.56 Å². The molecule has 0 aliphatic carbocycles. The van der Waals surface area contributed by atoms with E-state index < -0.39 is 10.0 Å². The van der Waals surface area contributed by atoms with Gasteiger partial charge in [0.2, 0.25) is 15.9 Å². The van der Waals surface area contributed by atoms with Gasteiger partial charge in [-0.25, -0.2) is 13.1 Å². The molecule has 7 heteroatoms. The minimum atomic E-state index is -3.52. The lowest BCUT2D eigenvalue weighted by atomic mass is 10.2. The third kappa shape index (κ3) is 3.52. The highest BCUT2D eigenvalue weighted by Gasteiger charge is 2.13. The Bertz CT molecular complexity index is 540. The third-order valence-electron chi connectivity index (χ3n) is 2.34. The fourth-order valence-corrected chi connectivity index (χ4v) is 2.09. The van der Waals surface area contributed by atoms with Crippen molar-refractivity contribution < 1.29 is 17.9 Å². The number of anilines is 1. The van der Waals surface area contributed by atoms with E-state index in [2.05, 4.69) is 10.0 Å². The standard InChI is InChI=1S/C11H16N2O4S/c1-8-4-5-9(18(15,16)12-2)6-10(8)13-11(14)7-17-3/h4-6,12H,7H2,1-3H3,(H,13,14). The minimum Gasteiger partial charge on any atom is -0.375 e. The number of sulfonamides is 1. The van der Waals surface area contributed by atoms with Crippen LogP contribution < -0.4 is 10.0 Å². The molecular formula is C11H16N2O4S. The number of aryl methyl sites for hydroxylation is 1. The summed E-state index contributed by atoms with van der Waals surface area (Å²) in [6.07, 6.45) is 0. The van der Waals surface area contributed by atoms with Crippen molar-refractivity contribution >= 4 is 21.6 Å². The summed E-state index contributed by atoms with van der Waals surface area (Å²) in [4.78, 5) is 11.5. The number of benzene rings is 1. The number of hydrogen-bond donors (Lipinski definition) is 2. The van der Waals surface area contributed by atoms with Crippen LogP contribution in [0.3, 0.4) is 0 Å². The Labute approximate surface area is 106 Å². The second-order valence-corrected chi connectivity index (χ2v) is 5.55. The van der Waals surface area contributed by atoms with Crippen LogP contribution in [0.2, 0.25) is 0 Å². The second kappa shape index (κ2) is 5.94. The fourth-order valence-electron chi connectivity index (χ4n) is 1.34. The van der Waals surface area contributed by atoms with Crippen molar-refractivity contribution in [2.75, 3.05) is 26.1 Å². The Morgan fingerprint density at radius 2 is 2.06 bits per heavy atom. The van der Waals surface area contributed by atoms with Gasteiger partial charge in [-0.1, -0.05) is 6.07 Å². The first kappa shape index (κ1) is 14.6. The van der Waals surface area contributed by atoms with Gasteiger partial charge in [-0.05, 0) is 31.7 Å². The SMILES string of the molecule is CNS(=O)(=O)c1ccc(C)c(NC(=O)COC)c1. The molecule has 0 fully saturated rings. The van der Waals surface area contributed by atoms with E-state index in [0.29, 0.717) is 5.69 Å². The molecule has 1 rings (SSSR count). The van der Waals surface area contributed by atoms with Crippen LogP contribution in [-0.4, -0.2) is 35.1 Å². The summed E-state index contributed by atoms with van der Waals surface area (Å²) >= 11 is 0. The maximum Gasteiger partial charge on any atom is 0.250 e. The highest BCUT2D eigenvalue weighted by atomic mass is 32.2. The summed E-state index contributed by atoms with van der Waals surface area (Å²) in [5.74, 6) is -0.334. The van der Waals surface area contributed by atoms with Crippen molar-refractivity contribution in [2.24, 2.45) is 0 Å². The van der Waals surface area contributed by atoms with E-state index in [4.69, 9.17) is 4.74 Å². The molecule has 1 amide bonds.